The fourth-order valence-corrected chi connectivity index (χ4v) is 3.98. The Labute approximate surface area is 153 Å². The Kier molecular flexibility index (Phi) is 4.42. The van der Waals surface area contributed by atoms with Crippen molar-refractivity contribution in [3.8, 4) is 0 Å². The molecule has 2 aromatic heterocycles. The third-order valence-corrected chi connectivity index (χ3v) is 5.41. The molecule has 4 nitrogen and oxygen atoms in total. The lowest BCUT2D eigenvalue weighted by molar-refractivity contribution is 0.0926. The molecule has 1 amide bonds. The smallest absolute Gasteiger partial charge is 0.287 e. The van der Waals surface area contributed by atoms with Crippen LogP contribution in [-0.2, 0) is 6.42 Å². The summed E-state index contributed by atoms with van der Waals surface area (Å²) < 4.78 is 20.4. The minimum atomic E-state index is -0.458. The molecule has 2 heterocycles. The van der Waals surface area contributed by atoms with Gasteiger partial charge >= 0.3 is 0 Å². The predicted octanol–water partition coefficient (Wildman–Crippen LogP) is 4.85. The lowest BCUT2D eigenvalue weighted by atomic mass is 10.1. The number of hydrogen-bond acceptors (Lipinski definition) is 4. The first-order chi connectivity index (χ1) is 12.6. The third-order valence-electron chi connectivity index (χ3n) is 4.31. The van der Waals surface area contributed by atoms with E-state index in [2.05, 4.69) is 16.4 Å². The van der Waals surface area contributed by atoms with Gasteiger partial charge in [0.05, 0.1) is 15.2 Å². The van der Waals surface area contributed by atoms with Gasteiger partial charge in [0.2, 0.25) is 0 Å². The molecule has 26 heavy (non-hydrogen) atoms. The minimum absolute atomic E-state index is 0.129. The molecule has 0 saturated carbocycles. The molecule has 0 aliphatic carbocycles. The molecule has 2 aromatic carbocycles. The van der Waals surface area contributed by atoms with Crippen molar-refractivity contribution in [1.29, 1.82) is 0 Å². The molecule has 0 fully saturated rings. The number of aryl methyl sites for hydroxylation is 2. The highest BCUT2D eigenvalue weighted by atomic mass is 32.1. The number of nitrogens with zero attached hydrogens (tertiary/aromatic N) is 1. The molecule has 6 heteroatoms. The van der Waals surface area contributed by atoms with Crippen molar-refractivity contribution >= 4 is 38.4 Å². The van der Waals surface area contributed by atoms with E-state index in [1.54, 1.807) is 30.4 Å². The number of hydrogen-bond donors (Lipinski definition) is 1. The van der Waals surface area contributed by atoms with E-state index in [1.807, 2.05) is 18.2 Å². The Morgan fingerprint density at radius 3 is 2.88 bits per heavy atom. The van der Waals surface area contributed by atoms with Crippen LogP contribution in [0, 0.1) is 12.7 Å². The summed E-state index contributed by atoms with van der Waals surface area (Å²) in [6.45, 7) is 2.27. The molecule has 132 valence electrons. The highest BCUT2D eigenvalue weighted by Gasteiger charge is 2.19. The number of benzene rings is 2. The van der Waals surface area contributed by atoms with E-state index in [0.29, 0.717) is 17.5 Å². The van der Waals surface area contributed by atoms with E-state index in [9.17, 15) is 9.18 Å². The minimum Gasteiger partial charge on any atom is -0.448 e. The molecule has 0 radical (unpaired) electrons. The standard InChI is InChI=1S/C20H17FN2O2S/c1-12-13-6-4-7-14(21)19(13)25-18(12)20(24)22-11-5-10-17-23-15-8-2-3-9-16(15)26-17/h2-4,6-9H,5,10-11H2,1H3,(H,22,24). The van der Waals surface area contributed by atoms with Gasteiger partial charge in [-0.2, -0.15) is 0 Å². The van der Waals surface area contributed by atoms with Crippen LogP contribution < -0.4 is 5.32 Å². The topological polar surface area (TPSA) is 55.1 Å². The van der Waals surface area contributed by atoms with E-state index < -0.39 is 5.82 Å². The number of para-hydroxylation sites is 2. The molecule has 0 aliphatic heterocycles. The van der Waals surface area contributed by atoms with E-state index in [4.69, 9.17) is 4.42 Å². The van der Waals surface area contributed by atoms with Crippen LogP contribution in [0.15, 0.2) is 46.9 Å². The highest BCUT2D eigenvalue weighted by Crippen LogP contribution is 2.27. The van der Waals surface area contributed by atoms with Gasteiger partial charge in [0.25, 0.3) is 5.91 Å². The number of carbonyl (C=O) groups excluding carboxylic acids is 1. The van der Waals surface area contributed by atoms with Crippen LogP contribution in [0.3, 0.4) is 0 Å². The zero-order valence-electron chi connectivity index (χ0n) is 14.2. The Hall–Kier alpha value is -2.73. The first-order valence-electron chi connectivity index (χ1n) is 8.44. The van der Waals surface area contributed by atoms with Crippen molar-refractivity contribution in [3.63, 3.8) is 0 Å². The van der Waals surface area contributed by atoms with Gasteiger partial charge in [-0.25, -0.2) is 9.37 Å². The molecule has 4 rings (SSSR count). The summed E-state index contributed by atoms with van der Waals surface area (Å²) in [5, 5.41) is 4.53. The van der Waals surface area contributed by atoms with Crippen molar-refractivity contribution in [3.05, 3.63) is 64.6 Å². The molecule has 0 bridgehead atoms. The van der Waals surface area contributed by atoms with Crippen molar-refractivity contribution in [2.75, 3.05) is 6.54 Å². The second-order valence-electron chi connectivity index (χ2n) is 6.11. The number of thiazole rings is 1. The molecule has 0 atom stereocenters. The molecule has 1 N–H and O–H groups in total. The summed E-state index contributed by atoms with van der Waals surface area (Å²) in [4.78, 5) is 16.9. The van der Waals surface area contributed by atoms with Gasteiger partial charge in [-0.15, -0.1) is 11.3 Å². The molecular weight excluding hydrogens is 351 g/mol. The van der Waals surface area contributed by atoms with Crippen LogP contribution in [0.1, 0.15) is 27.5 Å². The normalized spacial score (nSPS) is 11.3. The maximum atomic E-state index is 13.8. The molecule has 0 unspecified atom stereocenters. The van der Waals surface area contributed by atoms with Crippen LogP contribution in [-0.4, -0.2) is 17.4 Å². The molecular formula is C20H17FN2O2S. The zero-order valence-corrected chi connectivity index (χ0v) is 15.0. The third kappa shape index (κ3) is 3.08. The van der Waals surface area contributed by atoms with Crippen LogP contribution >= 0.6 is 11.3 Å². The number of nitrogens with one attached hydrogen (secondary N) is 1. The molecule has 0 spiro atoms. The Bertz CT molecular complexity index is 1070. The van der Waals surface area contributed by atoms with Gasteiger partial charge in [0.15, 0.2) is 17.2 Å². The van der Waals surface area contributed by atoms with Gasteiger partial charge in [-0.3, -0.25) is 4.79 Å². The van der Waals surface area contributed by atoms with Crippen molar-refractivity contribution in [2.24, 2.45) is 0 Å². The summed E-state index contributed by atoms with van der Waals surface area (Å²) in [6, 6.07) is 12.7. The van der Waals surface area contributed by atoms with Crippen molar-refractivity contribution in [2.45, 2.75) is 19.8 Å². The largest absolute Gasteiger partial charge is 0.448 e. The van der Waals surface area contributed by atoms with Crippen molar-refractivity contribution in [1.82, 2.24) is 10.3 Å². The number of halogens is 1. The summed E-state index contributed by atoms with van der Waals surface area (Å²) in [5.41, 5.74) is 1.80. The van der Waals surface area contributed by atoms with Crippen LogP contribution in [0.5, 0.6) is 0 Å². The zero-order chi connectivity index (χ0) is 18.1. The van der Waals surface area contributed by atoms with Crippen LogP contribution in [0.25, 0.3) is 21.2 Å². The second-order valence-corrected chi connectivity index (χ2v) is 7.22. The van der Waals surface area contributed by atoms with Gasteiger partial charge < -0.3 is 9.73 Å². The second kappa shape index (κ2) is 6.88. The highest BCUT2D eigenvalue weighted by molar-refractivity contribution is 7.18. The number of furan rings is 1. The Balaban J connectivity index is 1.38. The SMILES string of the molecule is Cc1c(C(=O)NCCCc2nc3ccccc3s2)oc2c(F)cccc12. The first kappa shape index (κ1) is 16.7. The van der Waals surface area contributed by atoms with Crippen molar-refractivity contribution < 1.29 is 13.6 Å². The lowest BCUT2D eigenvalue weighted by Gasteiger charge is -2.02. The quantitative estimate of drug-likeness (QED) is 0.512. The van der Waals surface area contributed by atoms with Crippen LogP contribution in [0.4, 0.5) is 4.39 Å². The average molecular weight is 368 g/mol. The van der Waals surface area contributed by atoms with E-state index >= 15 is 0 Å². The van der Waals surface area contributed by atoms with E-state index in [1.165, 1.54) is 10.8 Å². The molecule has 0 saturated heterocycles. The van der Waals surface area contributed by atoms with Gasteiger partial charge in [-0.05, 0) is 31.5 Å². The number of fused-ring (bicyclic) bond motifs is 2. The number of aromatic nitrogens is 1. The molecule has 0 aliphatic rings. The Morgan fingerprint density at radius 1 is 1.23 bits per heavy atom. The fraction of sp³-hybridized carbons (Fsp3) is 0.200. The number of rotatable bonds is 5. The number of carbonyl (C=O) groups is 1. The van der Waals surface area contributed by atoms with Gasteiger partial charge in [0.1, 0.15) is 0 Å². The Morgan fingerprint density at radius 2 is 2.08 bits per heavy atom. The van der Waals surface area contributed by atoms with Gasteiger partial charge in [0, 0.05) is 23.9 Å². The van der Waals surface area contributed by atoms with E-state index in [-0.39, 0.29) is 17.3 Å². The maximum Gasteiger partial charge on any atom is 0.287 e. The first-order valence-corrected chi connectivity index (χ1v) is 9.25. The summed E-state index contributed by atoms with van der Waals surface area (Å²) in [7, 11) is 0. The summed E-state index contributed by atoms with van der Waals surface area (Å²) >= 11 is 1.68. The van der Waals surface area contributed by atoms with Crippen LogP contribution in [0.2, 0.25) is 0 Å². The lowest BCUT2D eigenvalue weighted by Crippen LogP contribution is -2.24. The summed E-state index contributed by atoms with van der Waals surface area (Å²) in [6.07, 6.45) is 1.58. The number of amides is 1. The fourth-order valence-electron chi connectivity index (χ4n) is 2.97. The van der Waals surface area contributed by atoms with Gasteiger partial charge in [-0.1, -0.05) is 24.3 Å². The average Bonchev–Trinajstić information content (AvgIpc) is 3.20. The molecule has 4 aromatic rings. The monoisotopic (exact) mass is 368 g/mol. The predicted molar refractivity (Wildman–Crippen MR) is 101 cm³/mol. The van der Waals surface area contributed by atoms with E-state index in [0.717, 1.165) is 23.4 Å². The summed E-state index contributed by atoms with van der Waals surface area (Å²) in [5.74, 6) is -0.604. The maximum absolute atomic E-state index is 13.8.